The zero-order valence-electron chi connectivity index (χ0n) is 14.6. The van der Waals surface area contributed by atoms with Crippen LogP contribution < -0.4 is 9.47 Å². The van der Waals surface area contributed by atoms with Crippen LogP contribution in [-0.4, -0.2) is 17.7 Å². The van der Waals surface area contributed by atoms with Gasteiger partial charge in [-0.2, -0.15) is 13.2 Å². The van der Waals surface area contributed by atoms with Crippen LogP contribution in [0.25, 0.3) is 0 Å². The lowest BCUT2D eigenvalue weighted by Gasteiger charge is -2.17. The van der Waals surface area contributed by atoms with E-state index in [-0.39, 0.29) is 22.9 Å². The topological polar surface area (TPSA) is 55.8 Å². The van der Waals surface area contributed by atoms with Crippen molar-refractivity contribution < 1.29 is 32.5 Å². The number of ether oxygens (including phenoxy) is 2. The normalized spacial score (nSPS) is 20.4. The molecule has 0 unspecified atom stereocenters. The molecule has 4 nitrogen and oxygen atoms in total. The number of carbonyl (C=O) groups is 1. The van der Waals surface area contributed by atoms with Crippen molar-refractivity contribution in [1.82, 2.24) is 0 Å². The molecule has 1 aliphatic carbocycles. The van der Waals surface area contributed by atoms with Crippen molar-refractivity contribution in [3.8, 4) is 11.5 Å². The molecule has 2 aliphatic rings. The molecule has 0 saturated carbocycles. The van der Waals surface area contributed by atoms with E-state index in [0.29, 0.717) is 36.5 Å². The maximum atomic E-state index is 13.1. The fourth-order valence-corrected chi connectivity index (χ4v) is 4.62. The Morgan fingerprint density at radius 1 is 1.25 bits per heavy atom. The number of carboxylic acids is 1. The molecule has 2 aromatic rings. The van der Waals surface area contributed by atoms with Gasteiger partial charge in [0.1, 0.15) is 17.6 Å². The lowest BCUT2D eigenvalue weighted by atomic mass is 9.98. The predicted octanol–water partition coefficient (Wildman–Crippen LogP) is 5.48. The van der Waals surface area contributed by atoms with Gasteiger partial charge in [-0.25, -0.2) is 0 Å². The summed E-state index contributed by atoms with van der Waals surface area (Å²) in [5, 5.41) is 8.97. The second-order valence-electron chi connectivity index (χ2n) is 6.94. The van der Waals surface area contributed by atoms with Crippen LogP contribution in [0.3, 0.4) is 0 Å². The molecule has 2 aromatic carbocycles. The summed E-state index contributed by atoms with van der Waals surface area (Å²) in [7, 11) is 0. The molecular weight excluding hydrogens is 441 g/mol. The summed E-state index contributed by atoms with van der Waals surface area (Å²) in [6.07, 6.45) is -3.68. The number of aliphatic carboxylic acids is 1. The first-order valence-corrected chi connectivity index (χ1v) is 9.57. The third-order valence-corrected chi connectivity index (χ3v) is 6.06. The van der Waals surface area contributed by atoms with Crippen LogP contribution in [0, 0.1) is 0 Å². The van der Waals surface area contributed by atoms with Gasteiger partial charge < -0.3 is 14.6 Å². The van der Waals surface area contributed by atoms with Crippen molar-refractivity contribution in [2.45, 2.75) is 37.5 Å². The SMILES string of the molecule is O=C(O)C[C@@H]1COc2cc(O[C@@H]3CCc4c3ccc(C(F)(F)F)c4Br)ccc21. The Labute approximate surface area is 167 Å². The first-order chi connectivity index (χ1) is 13.2. The van der Waals surface area contributed by atoms with Gasteiger partial charge in [-0.15, -0.1) is 0 Å². The Morgan fingerprint density at radius 2 is 2.00 bits per heavy atom. The number of alkyl halides is 3. The maximum Gasteiger partial charge on any atom is 0.417 e. The van der Waals surface area contributed by atoms with Gasteiger partial charge in [0.25, 0.3) is 0 Å². The van der Waals surface area contributed by atoms with Gasteiger partial charge in [0.15, 0.2) is 0 Å². The molecule has 0 aromatic heterocycles. The van der Waals surface area contributed by atoms with Gasteiger partial charge in [0.2, 0.25) is 0 Å². The molecule has 4 rings (SSSR count). The second kappa shape index (κ2) is 6.99. The zero-order chi connectivity index (χ0) is 20.1. The number of halogens is 4. The van der Waals surface area contributed by atoms with E-state index in [0.717, 1.165) is 17.2 Å². The molecule has 0 bridgehead atoms. The van der Waals surface area contributed by atoms with Crippen molar-refractivity contribution in [3.63, 3.8) is 0 Å². The minimum Gasteiger partial charge on any atom is -0.492 e. The summed E-state index contributed by atoms with van der Waals surface area (Å²) in [5.41, 5.74) is 1.52. The predicted molar refractivity (Wildman–Crippen MR) is 97.8 cm³/mol. The Balaban J connectivity index is 1.55. The van der Waals surface area contributed by atoms with Gasteiger partial charge in [-0.1, -0.05) is 12.1 Å². The molecule has 28 heavy (non-hydrogen) atoms. The molecule has 0 saturated heterocycles. The van der Waals surface area contributed by atoms with Crippen LogP contribution >= 0.6 is 15.9 Å². The van der Waals surface area contributed by atoms with Crippen molar-refractivity contribution in [1.29, 1.82) is 0 Å². The standard InChI is InChI=1S/C20H16BrF3O4/c21-19-14-4-6-16(13(14)3-5-15(19)20(22,23)24)28-11-1-2-12-10(7-18(25)26)9-27-17(12)8-11/h1-3,5,8,10,16H,4,6-7,9H2,(H,25,26)/t10-,16-/m1/s1. The molecular formula is C20H16BrF3O4. The first-order valence-electron chi connectivity index (χ1n) is 8.77. The van der Waals surface area contributed by atoms with Gasteiger partial charge in [0, 0.05) is 22.0 Å². The largest absolute Gasteiger partial charge is 0.492 e. The van der Waals surface area contributed by atoms with Gasteiger partial charge in [-0.05, 0) is 52.0 Å². The van der Waals surface area contributed by atoms with E-state index in [1.165, 1.54) is 6.07 Å². The summed E-state index contributed by atoms with van der Waals surface area (Å²) >= 11 is 3.10. The van der Waals surface area contributed by atoms with Crippen molar-refractivity contribution in [2.75, 3.05) is 6.61 Å². The number of fused-ring (bicyclic) bond motifs is 2. The molecule has 0 radical (unpaired) electrons. The number of hydrogen-bond donors (Lipinski definition) is 1. The highest BCUT2D eigenvalue weighted by Crippen LogP contribution is 2.45. The van der Waals surface area contributed by atoms with E-state index in [1.54, 1.807) is 18.2 Å². The number of carboxylic acid groups (broad SMARTS) is 1. The Hall–Kier alpha value is -2.22. The van der Waals surface area contributed by atoms with E-state index < -0.39 is 17.7 Å². The average molecular weight is 457 g/mol. The highest BCUT2D eigenvalue weighted by Gasteiger charge is 2.37. The highest BCUT2D eigenvalue weighted by molar-refractivity contribution is 9.10. The molecule has 1 aliphatic heterocycles. The van der Waals surface area contributed by atoms with Crippen molar-refractivity contribution in [3.05, 3.63) is 57.1 Å². The highest BCUT2D eigenvalue weighted by atomic mass is 79.9. The lowest BCUT2D eigenvalue weighted by molar-refractivity contribution is -0.138. The molecule has 0 amide bonds. The monoisotopic (exact) mass is 456 g/mol. The van der Waals surface area contributed by atoms with Crippen molar-refractivity contribution in [2.24, 2.45) is 0 Å². The molecule has 0 fully saturated rings. The summed E-state index contributed by atoms with van der Waals surface area (Å²) < 4.78 is 51.0. The zero-order valence-corrected chi connectivity index (χ0v) is 16.1. The number of rotatable bonds is 4. The Bertz CT molecular complexity index is 942. The van der Waals surface area contributed by atoms with Crippen LogP contribution in [0.2, 0.25) is 0 Å². The smallest absolute Gasteiger partial charge is 0.417 e. The minimum atomic E-state index is -4.41. The van der Waals surface area contributed by atoms with E-state index in [1.807, 2.05) is 0 Å². The fourth-order valence-electron chi connectivity index (χ4n) is 3.84. The van der Waals surface area contributed by atoms with Crippen LogP contribution in [0.15, 0.2) is 34.8 Å². The quantitative estimate of drug-likeness (QED) is 0.661. The van der Waals surface area contributed by atoms with Crippen LogP contribution in [0.5, 0.6) is 11.5 Å². The van der Waals surface area contributed by atoms with E-state index >= 15 is 0 Å². The van der Waals surface area contributed by atoms with Gasteiger partial charge in [-0.3, -0.25) is 4.79 Å². The summed E-state index contributed by atoms with van der Waals surface area (Å²) in [4.78, 5) is 10.9. The summed E-state index contributed by atoms with van der Waals surface area (Å²) in [6.45, 7) is 0.310. The van der Waals surface area contributed by atoms with Crippen molar-refractivity contribution >= 4 is 21.9 Å². The van der Waals surface area contributed by atoms with Gasteiger partial charge in [0.05, 0.1) is 18.6 Å². The summed E-state index contributed by atoms with van der Waals surface area (Å²) in [5.74, 6) is 0.0674. The molecule has 148 valence electrons. The summed E-state index contributed by atoms with van der Waals surface area (Å²) in [6, 6.07) is 7.82. The number of benzene rings is 2. The Kier molecular flexibility index (Phi) is 4.77. The van der Waals surface area contributed by atoms with Gasteiger partial charge >= 0.3 is 12.1 Å². The molecule has 1 heterocycles. The average Bonchev–Trinajstić information content (AvgIpc) is 3.19. The first kappa shape index (κ1) is 19.1. The molecule has 1 N–H and O–H groups in total. The van der Waals surface area contributed by atoms with Crippen LogP contribution in [0.1, 0.15) is 47.1 Å². The van der Waals surface area contributed by atoms with Crippen LogP contribution in [0.4, 0.5) is 13.2 Å². The fraction of sp³-hybridized carbons (Fsp3) is 0.350. The van der Waals surface area contributed by atoms with E-state index in [9.17, 15) is 18.0 Å². The Morgan fingerprint density at radius 3 is 2.71 bits per heavy atom. The van der Waals surface area contributed by atoms with E-state index in [4.69, 9.17) is 14.6 Å². The third-order valence-electron chi connectivity index (χ3n) is 5.15. The van der Waals surface area contributed by atoms with Crippen LogP contribution in [-0.2, 0) is 17.4 Å². The molecule has 8 heteroatoms. The number of hydrogen-bond acceptors (Lipinski definition) is 3. The second-order valence-corrected chi connectivity index (χ2v) is 7.74. The van der Waals surface area contributed by atoms with E-state index in [2.05, 4.69) is 15.9 Å². The lowest BCUT2D eigenvalue weighted by Crippen LogP contribution is -2.09. The third kappa shape index (κ3) is 3.45. The molecule has 2 atom stereocenters. The minimum absolute atomic E-state index is 0.00122. The molecule has 0 spiro atoms. The maximum absolute atomic E-state index is 13.1.